The van der Waals surface area contributed by atoms with E-state index in [1.807, 2.05) is 6.20 Å². The molecule has 2 N–H and O–H groups in total. The van der Waals surface area contributed by atoms with E-state index in [-0.39, 0.29) is 0 Å². The van der Waals surface area contributed by atoms with Gasteiger partial charge in [0, 0.05) is 37.1 Å². The highest BCUT2D eigenvalue weighted by molar-refractivity contribution is 4.96. The van der Waals surface area contributed by atoms with Crippen LogP contribution in [0.25, 0.3) is 0 Å². The fourth-order valence-corrected chi connectivity index (χ4v) is 2.07. The van der Waals surface area contributed by atoms with Crippen molar-refractivity contribution in [3.63, 3.8) is 0 Å². The Morgan fingerprint density at radius 1 is 1.53 bits per heavy atom. The zero-order valence-corrected chi connectivity index (χ0v) is 9.58. The summed E-state index contributed by atoms with van der Waals surface area (Å²) in [5, 5.41) is 3.41. The van der Waals surface area contributed by atoms with Crippen LogP contribution >= 0.6 is 0 Å². The highest BCUT2D eigenvalue weighted by Crippen LogP contribution is 2.21. The largest absolute Gasteiger partial charge is 0.347 e. The molecule has 0 saturated carbocycles. The molecular weight excluding hydrogens is 188 g/mol. The van der Waals surface area contributed by atoms with Crippen LogP contribution in [0.5, 0.6) is 0 Å². The van der Waals surface area contributed by atoms with Crippen molar-refractivity contribution in [2.75, 3.05) is 20.1 Å². The molecule has 1 fully saturated rings. The molecule has 1 aliphatic heterocycles. The van der Waals surface area contributed by atoms with Gasteiger partial charge in [0.1, 0.15) is 0 Å². The molecule has 0 spiro atoms. The van der Waals surface area contributed by atoms with Crippen LogP contribution in [0.3, 0.4) is 0 Å². The second kappa shape index (κ2) is 4.33. The first-order valence-corrected chi connectivity index (χ1v) is 5.60. The number of nitrogens with zero attached hydrogens (tertiary/aromatic N) is 2. The Morgan fingerprint density at radius 3 is 2.80 bits per heavy atom. The number of hydrogen-bond acceptors (Lipinski definition) is 3. The van der Waals surface area contributed by atoms with E-state index in [1.165, 1.54) is 18.5 Å². The van der Waals surface area contributed by atoms with Crippen LogP contribution in [0.4, 0.5) is 0 Å². The predicted octanol–water partition coefficient (Wildman–Crippen LogP) is 0.984. The Bertz CT molecular complexity index is 286. The van der Waals surface area contributed by atoms with Crippen LogP contribution < -0.4 is 5.32 Å². The van der Waals surface area contributed by atoms with Crippen molar-refractivity contribution >= 4 is 0 Å². The highest BCUT2D eigenvalue weighted by Gasteiger charge is 2.28. The molecule has 1 aliphatic rings. The van der Waals surface area contributed by atoms with Crippen molar-refractivity contribution in [1.82, 2.24) is 20.2 Å². The number of hydrogen-bond donors (Lipinski definition) is 2. The quantitative estimate of drug-likeness (QED) is 0.778. The van der Waals surface area contributed by atoms with Gasteiger partial charge in [-0.3, -0.25) is 4.90 Å². The Hall–Kier alpha value is -0.870. The Morgan fingerprint density at radius 2 is 2.27 bits per heavy atom. The molecule has 0 radical (unpaired) electrons. The minimum atomic E-state index is 0.338. The number of aromatic nitrogens is 2. The topological polar surface area (TPSA) is 44.0 Å². The third-order valence-corrected chi connectivity index (χ3v) is 3.51. The van der Waals surface area contributed by atoms with Crippen molar-refractivity contribution in [2.45, 2.75) is 31.8 Å². The van der Waals surface area contributed by atoms with Gasteiger partial charge in [0.05, 0.1) is 6.33 Å². The molecule has 4 nitrogen and oxygen atoms in total. The van der Waals surface area contributed by atoms with Gasteiger partial charge in [-0.25, -0.2) is 4.98 Å². The smallest absolute Gasteiger partial charge is 0.0922 e. The number of aromatic amines is 1. The number of nitrogens with one attached hydrogen (secondary N) is 2. The molecule has 1 aromatic rings. The summed E-state index contributed by atoms with van der Waals surface area (Å²) < 4.78 is 0. The van der Waals surface area contributed by atoms with Crippen molar-refractivity contribution < 1.29 is 0 Å². The molecule has 0 bridgehead atoms. The van der Waals surface area contributed by atoms with Gasteiger partial charge in [0.2, 0.25) is 0 Å². The van der Waals surface area contributed by atoms with E-state index in [9.17, 15) is 0 Å². The molecule has 0 amide bonds. The Balaban J connectivity index is 1.84. The molecule has 0 atom stereocenters. The first kappa shape index (κ1) is 10.6. The summed E-state index contributed by atoms with van der Waals surface area (Å²) in [6.07, 6.45) is 6.10. The van der Waals surface area contributed by atoms with Gasteiger partial charge in [-0.1, -0.05) is 0 Å². The third-order valence-electron chi connectivity index (χ3n) is 3.51. The molecule has 0 aliphatic carbocycles. The molecule has 84 valence electrons. The van der Waals surface area contributed by atoms with E-state index in [2.05, 4.69) is 34.2 Å². The standard InChI is InChI=1S/C11H20N4/c1-11(12-2)3-5-15(6-4-11)8-10-7-13-9-14-10/h7,9,12H,3-6,8H2,1-2H3,(H,13,14). The average Bonchev–Trinajstić information content (AvgIpc) is 2.75. The van der Waals surface area contributed by atoms with Gasteiger partial charge < -0.3 is 10.3 Å². The normalized spacial score (nSPS) is 21.7. The maximum atomic E-state index is 4.04. The van der Waals surface area contributed by atoms with E-state index in [0.29, 0.717) is 5.54 Å². The summed E-state index contributed by atoms with van der Waals surface area (Å²) in [7, 11) is 2.06. The van der Waals surface area contributed by atoms with Crippen LogP contribution in [-0.2, 0) is 6.54 Å². The number of piperidine rings is 1. The van der Waals surface area contributed by atoms with Gasteiger partial charge in [0.25, 0.3) is 0 Å². The van der Waals surface area contributed by atoms with E-state index in [1.54, 1.807) is 6.33 Å². The molecule has 15 heavy (non-hydrogen) atoms. The molecular formula is C11H20N4. The van der Waals surface area contributed by atoms with E-state index >= 15 is 0 Å². The fraction of sp³-hybridized carbons (Fsp3) is 0.727. The zero-order chi connectivity index (χ0) is 10.7. The van der Waals surface area contributed by atoms with Crippen LogP contribution in [0.15, 0.2) is 12.5 Å². The van der Waals surface area contributed by atoms with Crippen LogP contribution in [0, 0.1) is 0 Å². The highest BCUT2D eigenvalue weighted by atomic mass is 15.2. The summed E-state index contributed by atoms with van der Waals surface area (Å²) >= 11 is 0. The maximum absolute atomic E-state index is 4.04. The van der Waals surface area contributed by atoms with Crippen molar-refractivity contribution in [2.24, 2.45) is 0 Å². The SMILES string of the molecule is CNC1(C)CCN(Cc2cnc[nH]2)CC1. The first-order valence-electron chi connectivity index (χ1n) is 5.60. The second-order valence-corrected chi connectivity index (χ2v) is 4.66. The number of likely N-dealkylation sites (tertiary alicyclic amines) is 1. The minimum absolute atomic E-state index is 0.338. The van der Waals surface area contributed by atoms with E-state index < -0.39 is 0 Å². The fourth-order valence-electron chi connectivity index (χ4n) is 2.07. The zero-order valence-electron chi connectivity index (χ0n) is 9.58. The minimum Gasteiger partial charge on any atom is -0.347 e. The van der Waals surface area contributed by atoms with Crippen LogP contribution in [-0.4, -0.2) is 40.5 Å². The molecule has 2 rings (SSSR count). The summed E-state index contributed by atoms with van der Waals surface area (Å²) in [4.78, 5) is 9.67. The molecule has 0 aromatic carbocycles. The third kappa shape index (κ3) is 2.58. The monoisotopic (exact) mass is 208 g/mol. The summed E-state index contributed by atoms with van der Waals surface area (Å²) in [5.74, 6) is 0. The van der Waals surface area contributed by atoms with Crippen molar-refractivity contribution in [1.29, 1.82) is 0 Å². The number of H-pyrrole nitrogens is 1. The van der Waals surface area contributed by atoms with Crippen LogP contribution in [0.2, 0.25) is 0 Å². The number of imidazole rings is 1. The second-order valence-electron chi connectivity index (χ2n) is 4.66. The molecule has 2 heterocycles. The van der Waals surface area contributed by atoms with Crippen molar-refractivity contribution in [3.05, 3.63) is 18.2 Å². The van der Waals surface area contributed by atoms with Crippen molar-refractivity contribution in [3.8, 4) is 0 Å². The van der Waals surface area contributed by atoms with E-state index in [4.69, 9.17) is 0 Å². The van der Waals surface area contributed by atoms with E-state index in [0.717, 1.165) is 19.6 Å². The molecule has 4 heteroatoms. The first-order chi connectivity index (χ1) is 7.22. The maximum Gasteiger partial charge on any atom is 0.0922 e. The summed E-state index contributed by atoms with van der Waals surface area (Å²) in [5.41, 5.74) is 1.55. The lowest BCUT2D eigenvalue weighted by Gasteiger charge is -2.39. The molecule has 1 saturated heterocycles. The molecule has 0 unspecified atom stereocenters. The Labute approximate surface area is 91.1 Å². The van der Waals surface area contributed by atoms with Gasteiger partial charge in [-0.05, 0) is 26.8 Å². The summed E-state index contributed by atoms with van der Waals surface area (Å²) in [6.45, 7) is 5.63. The van der Waals surface area contributed by atoms with Gasteiger partial charge >= 0.3 is 0 Å². The molecule has 1 aromatic heterocycles. The van der Waals surface area contributed by atoms with Crippen LogP contribution in [0.1, 0.15) is 25.5 Å². The number of rotatable bonds is 3. The lowest BCUT2D eigenvalue weighted by Crippen LogP contribution is -2.49. The lowest BCUT2D eigenvalue weighted by atomic mass is 9.90. The lowest BCUT2D eigenvalue weighted by molar-refractivity contribution is 0.145. The van der Waals surface area contributed by atoms with Gasteiger partial charge in [-0.15, -0.1) is 0 Å². The summed E-state index contributed by atoms with van der Waals surface area (Å²) in [6, 6.07) is 0. The van der Waals surface area contributed by atoms with Gasteiger partial charge in [0.15, 0.2) is 0 Å². The average molecular weight is 208 g/mol. The Kier molecular flexibility index (Phi) is 3.07. The predicted molar refractivity (Wildman–Crippen MR) is 60.6 cm³/mol. The van der Waals surface area contributed by atoms with Gasteiger partial charge in [-0.2, -0.15) is 0 Å².